The average molecular weight is 326 g/mol. The number of methoxy groups -OCH3 is 1. The molecule has 4 nitrogen and oxygen atoms in total. The second-order valence-electron chi connectivity index (χ2n) is 6.79. The maximum absolute atomic E-state index is 12.6. The summed E-state index contributed by atoms with van der Waals surface area (Å²) < 4.78 is 7.51. The fourth-order valence-corrected chi connectivity index (χ4v) is 3.86. The van der Waals surface area contributed by atoms with Gasteiger partial charge in [0.25, 0.3) is 5.91 Å². The lowest BCUT2D eigenvalue weighted by molar-refractivity contribution is 0.0934. The van der Waals surface area contributed by atoms with E-state index < -0.39 is 0 Å². The van der Waals surface area contributed by atoms with Gasteiger partial charge in [-0.05, 0) is 38.0 Å². The highest BCUT2D eigenvalue weighted by Gasteiger charge is 2.38. The molecule has 1 fully saturated rings. The number of aryl methyl sites for hydroxylation is 1. The molecule has 1 heterocycles. The topological polar surface area (TPSA) is 43.3 Å². The SMILES string of the molecule is COc1ccccc1C1(CNC(=O)c2ccc(C)n2C)CCCC1. The number of nitrogens with one attached hydrogen (secondary N) is 1. The Morgan fingerprint density at radius 1 is 1.21 bits per heavy atom. The highest BCUT2D eigenvalue weighted by molar-refractivity contribution is 5.93. The molecule has 0 atom stereocenters. The number of rotatable bonds is 5. The van der Waals surface area contributed by atoms with E-state index in [9.17, 15) is 4.79 Å². The van der Waals surface area contributed by atoms with E-state index in [4.69, 9.17) is 4.74 Å². The van der Waals surface area contributed by atoms with Crippen LogP contribution in [0.5, 0.6) is 5.75 Å². The van der Waals surface area contributed by atoms with E-state index in [2.05, 4.69) is 17.4 Å². The Hall–Kier alpha value is -2.23. The maximum atomic E-state index is 12.6. The number of carbonyl (C=O) groups excluding carboxylic acids is 1. The second kappa shape index (κ2) is 6.71. The van der Waals surface area contributed by atoms with E-state index in [0.717, 1.165) is 24.3 Å². The Morgan fingerprint density at radius 3 is 2.54 bits per heavy atom. The lowest BCUT2D eigenvalue weighted by Crippen LogP contribution is -2.39. The monoisotopic (exact) mass is 326 g/mol. The van der Waals surface area contributed by atoms with Gasteiger partial charge in [0.1, 0.15) is 11.4 Å². The van der Waals surface area contributed by atoms with Crippen LogP contribution in [0.3, 0.4) is 0 Å². The Balaban J connectivity index is 1.82. The van der Waals surface area contributed by atoms with Crippen LogP contribution in [0, 0.1) is 6.92 Å². The van der Waals surface area contributed by atoms with Crippen molar-refractivity contribution in [2.75, 3.05) is 13.7 Å². The van der Waals surface area contributed by atoms with Crippen LogP contribution < -0.4 is 10.1 Å². The summed E-state index contributed by atoms with van der Waals surface area (Å²) >= 11 is 0. The smallest absolute Gasteiger partial charge is 0.267 e. The molecule has 24 heavy (non-hydrogen) atoms. The normalized spacial score (nSPS) is 16.1. The van der Waals surface area contributed by atoms with Crippen LogP contribution in [0.1, 0.15) is 47.4 Å². The number of hydrogen-bond acceptors (Lipinski definition) is 2. The Bertz CT molecular complexity index is 727. The largest absolute Gasteiger partial charge is 0.496 e. The zero-order valence-electron chi connectivity index (χ0n) is 14.8. The van der Waals surface area contributed by atoms with Crippen LogP contribution >= 0.6 is 0 Å². The van der Waals surface area contributed by atoms with Crippen LogP contribution in [-0.4, -0.2) is 24.1 Å². The van der Waals surface area contributed by atoms with E-state index in [-0.39, 0.29) is 11.3 Å². The van der Waals surface area contributed by atoms with Crippen LogP contribution in [0.25, 0.3) is 0 Å². The maximum Gasteiger partial charge on any atom is 0.267 e. The Labute approximate surface area is 143 Å². The number of aromatic nitrogens is 1. The van der Waals surface area contributed by atoms with E-state index in [1.807, 2.05) is 42.8 Å². The molecule has 1 amide bonds. The summed E-state index contributed by atoms with van der Waals surface area (Å²) in [6, 6.07) is 12.1. The fourth-order valence-electron chi connectivity index (χ4n) is 3.86. The second-order valence-corrected chi connectivity index (χ2v) is 6.79. The number of ether oxygens (including phenoxy) is 1. The zero-order chi connectivity index (χ0) is 17.2. The lowest BCUT2D eigenvalue weighted by atomic mass is 9.78. The molecule has 0 aliphatic heterocycles. The van der Waals surface area contributed by atoms with E-state index in [1.54, 1.807) is 7.11 Å². The number of hydrogen-bond donors (Lipinski definition) is 1. The summed E-state index contributed by atoms with van der Waals surface area (Å²) in [7, 11) is 3.64. The van der Waals surface area contributed by atoms with Crippen molar-refractivity contribution >= 4 is 5.91 Å². The molecule has 2 aromatic rings. The van der Waals surface area contributed by atoms with Gasteiger partial charge < -0.3 is 14.6 Å². The predicted octanol–water partition coefficient (Wildman–Crippen LogP) is 3.58. The first-order valence-electron chi connectivity index (χ1n) is 8.61. The third-order valence-electron chi connectivity index (χ3n) is 5.43. The Morgan fingerprint density at radius 2 is 1.92 bits per heavy atom. The van der Waals surface area contributed by atoms with E-state index in [1.165, 1.54) is 18.4 Å². The van der Waals surface area contributed by atoms with Crippen LogP contribution in [0.15, 0.2) is 36.4 Å². The number of para-hydroxylation sites is 1. The van der Waals surface area contributed by atoms with Gasteiger partial charge in [0.2, 0.25) is 0 Å². The van der Waals surface area contributed by atoms with Gasteiger partial charge in [0.05, 0.1) is 7.11 Å². The summed E-state index contributed by atoms with van der Waals surface area (Å²) in [4.78, 5) is 12.6. The molecule has 1 aliphatic rings. The lowest BCUT2D eigenvalue weighted by Gasteiger charge is -2.31. The van der Waals surface area contributed by atoms with Gasteiger partial charge in [0, 0.05) is 30.3 Å². The molecule has 0 bridgehead atoms. The van der Waals surface area contributed by atoms with Gasteiger partial charge in [0.15, 0.2) is 0 Å². The minimum absolute atomic E-state index is 0.00762. The summed E-state index contributed by atoms with van der Waals surface area (Å²) in [6.07, 6.45) is 4.55. The molecule has 1 aromatic carbocycles. The molecular formula is C20H26N2O2. The van der Waals surface area contributed by atoms with Crippen molar-refractivity contribution in [2.45, 2.75) is 38.0 Å². The summed E-state index contributed by atoms with van der Waals surface area (Å²) in [5.74, 6) is 0.912. The first-order chi connectivity index (χ1) is 11.6. The molecule has 0 unspecified atom stereocenters. The van der Waals surface area contributed by atoms with Gasteiger partial charge >= 0.3 is 0 Å². The van der Waals surface area contributed by atoms with Gasteiger partial charge in [-0.25, -0.2) is 0 Å². The molecule has 128 valence electrons. The quantitative estimate of drug-likeness (QED) is 0.912. The van der Waals surface area contributed by atoms with Crippen LogP contribution in [-0.2, 0) is 12.5 Å². The Kier molecular flexibility index (Phi) is 4.65. The van der Waals surface area contributed by atoms with Crippen molar-refractivity contribution in [1.82, 2.24) is 9.88 Å². The number of benzene rings is 1. The molecule has 0 spiro atoms. The van der Waals surface area contributed by atoms with Gasteiger partial charge in [-0.3, -0.25) is 4.79 Å². The first-order valence-corrected chi connectivity index (χ1v) is 8.61. The minimum atomic E-state index is -0.0253. The van der Waals surface area contributed by atoms with Gasteiger partial charge in [-0.2, -0.15) is 0 Å². The minimum Gasteiger partial charge on any atom is -0.496 e. The van der Waals surface area contributed by atoms with Crippen molar-refractivity contribution in [1.29, 1.82) is 0 Å². The van der Waals surface area contributed by atoms with Crippen molar-refractivity contribution in [3.05, 3.63) is 53.3 Å². The fraction of sp³-hybridized carbons (Fsp3) is 0.450. The molecule has 3 rings (SSSR count). The molecule has 1 aromatic heterocycles. The third-order valence-corrected chi connectivity index (χ3v) is 5.43. The van der Waals surface area contributed by atoms with Crippen molar-refractivity contribution in [2.24, 2.45) is 7.05 Å². The van der Waals surface area contributed by atoms with E-state index in [0.29, 0.717) is 12.2 Å². The van der Waals surface area contributed by atoms with Gasteiger partial charge in [-0.1, -0.05) is 31.0 Å². The molecule has 1 N–H and O–H groups in total. The molecule has 1 aliphatic carbocycles. The molecule has 0 saturated heterocycles. The predicted molar refractivity (Wildman–Crippen MR) is 95.6 cm³/mol. The van der Waals surface area contributed by atoms with Crippen molar-refractivity contribution < 1.29 is 9.53 Å². The number of carbonyl (C=O) groups is 1. The first kappa shape index (κ1) is 16.6. The molecule has 1 saturated carbocycles. The molecule has 0 radical (unpaired) electrons. The highest BCUT2D eigenvalue weighted by atomic mass is 16.5. The number of amides is 1. The molecule has 4 heteroatoms. The summed E-state index contributed by atoms with van der Waals surface area (Å²) in [5, 5.41) is 3.17. The van der Waals surface area contributed by atoms with E-state index >= 15 is 0 Å². The van der Waals surface area contributed by atoms with Gasteiger partial charge in [-0.15, -0.1) is 0 Å². The zero-order valence-corrected chi connectivity index (χ0v) is 14.8. The van der Waals surface area contributed by atoms with Crippen molar-refractivity contribution in [3.63, 3.8) is 0 Å². The highest BCUT2D eigenvalue weighted by Crippen LogP contribution is 2.44. The van der Waals surface area contributed by atoms with Crippen LogP contribution in [0.4, 0.5) is 0 Å². The van der Waals surface area contributed by atoms with Crippen molar-refractivity contribution in [3.8, 4) is 5.75 Å². The van der Waals surface area contributed by atoms with Crippen LogP contribution in [0.2, 0.25) is 0 Å². The average Bonchev–Trinajstić information content (AvgIpc) is 3.21. The standard InChI is InChI=1S/C20H26N2O2/c1-15-10-11-17(22(15)2)19(23)21-14-20(12-6-7-13-20)16-8-4-5-9-18(16)24-3/h4-5,8-11H,6-7,12-14H2,1-3H3,(H,21,23). The third kappa shape index (κ3) is 2.93. The summed E-state index contributed by atoms with van der Waals surface area (Å²) in [5.41, 5.74) is 2.98. The summed E-state index contributed by atoms with van der Waals surface area (Å²) in [6.45, 7) is 2.65. The number of nitrogens with zero attached hydrogens (tertiary/aromatic N) is 1. The molecular weight excluding hydrogens is 300 g/mol.